The van der Waals surface area contributed by atoms with E-state index in [9.17, 15) is 13.2 Å². The second-order valence-corrected chi connectivity index (χ2v) is 11.4. The standard InChI is InChI=1S/C18H19BrN4O3S2/c19-15-11-20-18(27-15)21-17(24)16(22-23-9-1-2-10-23)12-3-5-13(6-4-12)28(25,26)14-7-8-14/h3-6,11,14H,1-2,7-10H2,(H,20,21,24)/b22-16+. The molecule has 7 nitrogen and oxygen atoms in total. The number of thiazole rings is 1. The molecule has 1 amide bonds. The lowest BCUT2D eigenvalue weighted by Crippen LogP contribution is -2.27. The molecule has 1 aliphatic carbocycles. The topological polar surface area (TPSA) is 91.7 Å². The Hall–Kier alpha value is -1.78. The highest BCUT2D eigenvalue weighted by atomic mass is 79.9. The van der Waals surface area contributed by atoms with Gasteiger partial charge in [0.15, 0.2) is 20.7 Å². The minimum Gasteiger partial charge on any atom is -0.296 e. The van der Waals surface area contributed by atoms with Crippen LogP contribution >= 0.6 is 27.3 Å². The first kappa shape index (κ1) is 19.5. The number of benzene rings is 1. The number of aromatic nitrogens is 1. The van der Waals surface area contributed by atoms with Gasteiger partial charge in [-0.1, -0.05) is 23.5 Å². The van der Waals surface area contributed by atoms with Crippen LogP contribution in [0, 0.1) is 0 Å². The Balaban J connectivity index is 1.62. The first-order chi connectivity index (χ1) is 13.4. The van der Waals surface area contributed by atoms with Crippen molar-refractivity contribution in [2.24, 2.45) is 5.10 Å². The van der Waals surface area contributed by atoms with Gasteiger partial charge in [-0.05, 0) is 53.7 Å². The lowest BCUT2D eigenvalue weighted by Gasteiger charge is -2.14. The molecule has 148 valence electrons. The minimum absolute atomic E-state index is 0.253. The average Bonchev–Trinajstić information content (AvgIpc) is 3.29. The second-order valence-electron chi connectivity index (χ2n) is 6.80. The Kier molecular flexibility index (Phi) is 5.52. The summed E-state index contributed by atoms with van der Waals surface area (Å²) in [6.07, 6.45) is 5.14. The van der Waals surface area contributed by atoms with Crippen LogP contribution in [-0.2, 0) is 14.6 Å². The Bertz CT molecular complexity index is 1010. The van der Waals surface area contributed by atoms with Crippen LogP contribution in [0.2, 0.25) is 0 Å². The third-order valence-corrected chi connectivity index (χ3v) is 8.33. The molecule has 2 aliphatic rings. The molecule has 1 aliphatic heterocycles. The SMILES string of the molecule is O=C(Nc1ncc(Br)s1)/C(=N/N1CCCC1)c1ccc(S(=O)(=O)C2CC2)cc1. The zero-order valence-electron chi connectivity index (χ0n) is 15.0. The van der Waals surface area contributed by atoms with Gasteiger partial charge in [0.1, 0.15) is 0 Å². The van der Waals surface area contributed by atoms with Crippen LogP contribution in [0.25, 0.3) is 0 Å². The lowest BCUT2D eigenvalue weighted by molar-refractivity contribution is -0.110. The molecule has 0 spiro atoms. The average molecular weight is 483 g/mol. The molecule has 28 heavy (non-hydrogen) atoms. The number of rotatable bonds is 6. The van der Waals surface area contributed by atoms with E-state index in [4.69, 9.17) is 0 Å². The number of carbonyl (C=O) groups excluding carboxylic acids is 1. The van der Waals surface area contributed by atoms with E-state index in [-0.39, 0.29) is 16.9 Å². The number of nitrogens with zero attached hydrogens (tertiary/aromatic N) is 3. The Morgan fingerprint density at radius 3 is 2.46 bits per heavy atom. The normalized spacial score (nSPS) is 17.8. The summed E-state index contributed by atoms with van der Waals surface area (Å²) >= 11 is 4.64. The fourth-order valence-corrected chi connectivity index (χ4v) is 5.78. The molecule has 0 atom stereocenters. The number of anilines is 1. The van der Waals surface area contributed by atoms with E-state index in [0.717, 1.165) is 42.6 Å². The molecule has 1 saturated heterocycles. The maximum Gasteiger partial charge on any atom is 0.278 e. The molecule has 2 aromatic rings. The fraction of sp³-hybridized carbons (Fsp3) is 0.389. The first-order valence-electron chi connectivity index (χ1n) is 9.04. The van der Waals surface area contributed by atoms with Crippen molar-refractivity contribution >= 4 is 53.9 Å². The first-order valence-corrected chi connectivity index (χ1v) is 12.2. The molecule has 0 bridgehead atoms. The minimum atomic E-state index is -3.26. The van der Waals surface area contributed by atoms with E-state index in [0.29, 0.717) is 15.6 Å². The monoisotopic (exact) mass is 482 g/mol. The number of sulfone groups is 1. The van der Waals surface area contributed by atoms with E-state index in [2.05, 4.69) is 31.3 Å². The van der Waals surface area contributed by atoms with Gasteiger partial charge in [0.05, 0.1) is 20.1 Å². The van der Waals surface area contributed by atoms with Crippen LogP contribution in [-0.4, -0.2) is 48.4 Å². The smallest absolute Gasteiger partial charge is 0.278 e. The summed E-state index contributed by atoms with van der Waals surface area (Å²) in [5.41, 5.74) is 0.832. The maximum absolute atomic E-state index is 12.9. The Labute approximate surface area is 175 Å². The van der Waals surface area contributed by atoms with Crippen molar-refractivity contribution in [2.45, 2.75) is 35.8 Å². The molecular weight excluding hydrogens is 464 g/mol. The van der Waals surface area contributed by atoms with Gasteiger partial charge >= 0.3 is 0 Å². The van der Waals surface area contributed by atoms with Gasteiger partial charge < -0.3 is 0 Å². The third kappa shape index (κ3) is 4.28. The summed E-state index contributed by atoms with van der Waals surface area (Å²) in [6.45, 7) is 1.60. The predicted octanol–water partition coefficient (Wildman–Crippen LogP) is 3.28. The highest BCUT2D eigenvalue weighted by molar-refractivity contribution is 9.11. The summed E-state index contributed by atoms with van der Waals surface area (Å²) < 4.78 is 25.6. The van der Waals surface area contributed by atoms with E-state index in [1.54, 1.807) is 30.5 Å². The number of hydrogen-bond donors (Lipinski definition) is 1. The quantitative estimate of drug-likeness (QED) is 0.637. The molecule has 1 saturated carbocycles. The van der Waals surface area contributed by atoms with Gasteiger partial charge in [-0.25, -0.2) is 13.4 Å². The van der Waals surface area contributed by atoms with E-state index in [1.165, 1.54) is 11.3 Å². The summed E-state index contributed by atoms with van der Waals surface area (Å²) in [5, 5.41) is 9.40. The summed E-state index contributed by atoms with van der Waals surface area (Å²) in [5.74, 6) is -0.369. The lowest BCUT2D eigenvalue weighted by atomic mass is 10.1. The van der Waals surface area contributed by atoms with Gasteiger partial charge in [-0.2, -0.15) is 5.10 Å². The van der Waals surface area contributed by atoms with Crippen LogP contribution < -0.4 is 5.32 Å². The van der Waals surface area contributed by atoms with E-state index in [1.807, 2.05) is 5.01 Å². The second kappa shape index (κ2) is 7.92. The number of hydrazone groups is 1. The van der Waals surface area contributed by atoms with Crippen LogP contribution in [0.5, 0.6) is 0 Å². The van der Waals surface area contributed by atoms with Crippen molar-refractivity contribution in [1.82, 2.24) is 9.99 Å². The number of nitrogens with one attached hydrogen (secondary N) is 1. The van der Waals surface area contributed by atoms with E-state index >= 15 is 0 Å². The van der Waals surface area contributed by atoms with Crippen molar-refractivity contribution < 1.29 is 13.2 Å². The van der Waals surface area contributed by atoms with Gasteiger partial charge in [-0.15, -0.1) is 0 Å². The maximum atomic E-state index is 12.9. The van der Waals surface area contributed by atoms with Gasteiger partial charge in [0, 0.05) is 18.7 Å². The summed E-state index contributed by atoms with van der Waals surface area (Å²) in [7, 11) is -3.26. The van der Waals surface area contributed by atoms with Crippen LogP contribution in [0.3, 0.4) is 0 Å². The molecule has 1 N–H and O–H groups in total. The van der Waals surface area contributed by atoms with Crippen molar-refractivity contribution in [1.29, 1.82) is 0 Å². The van der Waals surface area contributed by atoms with Gasteiger partial charge in [0.25, 0.3) is 5.91 Å². The largest absolute Gasteiger partial charge is 0.296 e. The van der Waals surface area contributed by atoms with Crippen LogP contribution in [0.15, 0.2) is 44.2 Å². The third-order valence-electron chi connectivity index (χ3n) is 4.66. The van der Waals surface area contributed by atoms with Crippen molar-refractivity contribution in [3.8, 4) is 0 Å². The molecule has 2 heterocycles. The highest BCUT2D eigenvalue weighted by Gasteiger charge is 2.36. The predicted molar refractivity (Wildman–Crippen MR) is 112 cm³/mol. The molecule has 1 aromatic heterocycles. The molecule has 0 unspecified atom stereocenters. The molecule has 0 radical (unpaired) electrons. The van der Waals surface area contributed by atoms with Crippen molar-refractivity contribution in [3.63, 3.8) is 0 Å². The zero-order chi connectivity index (χ0) is 19.7. The molecule has 2 fully saturated rings. The molecule has 10 heteroatoms. The fourth-order valence-electron chi connectivity index (χ4n) is 3.02. The number of hydrogen-bond acceptors (Lipinski definition) is 7. The number of carbonyl (C=O) groups is 1. The zero-order valence-corrected chi connectivity index (χ0v) is 18.2. The summed E-state index contributed by atoms with van der Waals surface area (Å²) in [6, 6.07) is 6.44. The van der Waals surface area contributed by atoms with Crippen molar-refractivity contribution in [2.75, 3.05) is 18.4 Å². The highest BCUT2D eigenvalue weighted by Crippen LogP contribution is 2.33. The Morgan fingerprint density at radius 2 is 1.89 bits per heavy atom. The van der Waals surface area contributed by atoms with E-state index < -0.39 is 9.84 Å². The van der Waals surface area contributed by atoms with Crippen LogP contribution in [0.4, 0.5) is 5.13 Å². The molecule has 1 aromatic carbocycles. The van der Waals surface area contributed by atoms with Crippen LogP contribution in [0.1, 0.15) is 31.2 Å². The number of halogens is 1. The number of amides is 1. The van der Waals surface area contributed by atoms with Gasteiger partial charge in [0.2, 0.25) is 0 Å². The Morgan fingerprint density at radius 1 is 1.21 bits per heavy atom. The van der Waals surface area contributed by atoms with Crippen molar-refractivity contribution in [3.05, 3.63) is 39.8 Å². The molecular formula is C18H19BrN4O3S2. The summed E-state index contributed by atoms with van der Waals surface area (Å²) in [4.78, 5) is 17.3. The molecule has 4 rings (SSSR count). The van der Waals surface area contributed by atoms with Gasteiger partial charge in [-0.3, -0.25) is 15.1 Å².